The molecule has 0 radical (unpaired) electrons. The fourth-order valence-electron chi connectivity index (χ4n) is 0.230. The van der Waals surface area contributed by atoms with Crippen molar-refractivity contribution in [1.82, 2.24) is 5.01 Å². The van der Waals surface area contributed by atoms with Crippen LogP contribution in [0.25, 0.3) is 0 Å². The number of nitrogens with two attached hydrogens (primary N) is 1. The highest BCUT2D eigenvalue weighted by molar-refractivity contribution is 7.80. The molecule has 0 rings (SSSR count). The Morgan fingerprint density at radius 2 is 2.38 bits per heavy atom. The molecule has 0 heterocycles. The number of nitrogens with zero attached hydrogens (tertiary/aromatic N) is 2. The third-order valence-electron chi connectivity index (χ3n) is 0.608. The summed E-state index contributed by atoms with van der Waals surface area (Å²) in [7, 11) is 1.70. The van der Waals surface area contributed by atoms with Gasteiger partial charge in [-0.15, -0.1) is 0 Å². The minimum atomic E-state index is 0.281. The van der Waals surface area contributed by atoms with E-state index in [-0.39, 0.29) is 5.11 Å². The summed E-state index contributed by atoms with van der Waals surface area (Å²) in [4.78, 5) is 0. The zero-order chi connectivity index (χ0) is 6.57. The van der Waals surface area contributed by atoms with Gasteiger partial charge in [-0.1, -0.05) is 0 Å². The van der Waals surface area contributed by atoms with Crippen molar-refractivity contribution in [3.05, 3.63) is 0 Å². The maximum absolute atomic E-state index is 5.17. The van der Waals surface area contributed by atoms with Crippen molar-refractivity contribution in [2.45, 2.75) is 6.92 Å². The van der Waals surface area contributed by atoms with E-state index < -0.39 is 0 Å². The Hall–Kier alpha value is -0.640. The normalized spacial score (nSPS) is 9.75. The molecule has 0 fully saturated rings. The number of hydrogen-bond donors (Lipinski definition) is 1. The molecule has 0 atom stereocenters. The lowest BCUT2D eigenvalue weighted by Crippen LogP contribution is -2.26. The van der Waals surface area contributed by atoms with Crippen LogP contribution in [0.2, 0.25) is 0 Å². The minimum Gasteiger partial charge on any atom is -0.375 e. The fourth-order valence-corrected chi connectivity index (χ4v) is 0.277. The maximum atomic E-state index is 5.17. The van der Waals surface area contributed by atoms with Gasteiger partial charge in [0.15, 0.2) is 5.11 Å². The van der Waals surface area contributed by atoms with Gasteiger partial charge in [0.2, 0.25) is 0 Å². The Bertz CT molecular complexity index is 110. The van der Waals surface area contributed by atoms with Gasteiger partial charge in [-0.25, -0.2) is 5.01 Å². The summed E-state index contributed by atoms with van der Waals surface area (Å²) in [6.07, 6.45) is 1.62. The van der Waals surface area contributed by atoms with Gasteiger partial charge in [0.05, 0.1) is 0 Å². The molecule has 0 saturated carbocycles. The van der Waals surface area contributed by atoms with Crippen LogP contribution in [0.1, 0.15) is 6.92 Å². The molecule has 8 heavy (non-hydrogen) atoms. The topological polar surface area (TPSA) is 41.6 Å². The van der Waals surface area contributed by atoms with Crippen LogP contribution in [0.5, 0.6) is 0 Å². The third kappa shape index (κ3) is 2.52. The lowest BCUT2D eigenvalue weighted by molar-refractivity contribution is 0.551. The van der Waals surface area contributed by atoms with Crippen LogP contribution in [0, 0.1) is 0 Å². The zero-order valence-electron chi connectivity index (χ0n) is 4.96. The SMILES string of the molecule is CC=NN(C)C(N)=S. The largest absolute Gasteiger partial charge is 0.375 e. The smallest absolute Gasteiger partial charge is 0.186 e. The molecule has 0 aliphatic rings. The van der Waals surface area contributed by atoms with Crippen LogP contribution in [-0.4, -0.2) is 23.4 Å². The molecule has 46 valence electrons. The van der Waals surface area contributed by atoms with Gasteiger partial charge in [0.1, 0.15) is 0 Å². The van der Waals surface area contributed by atoms with E-state index in [0.717, 1.165) is 0 Å². The Morgan fingerprint density at radius 3 is 2.50 bits per heavy atom. The molecule has 0 spiro atoms. The molecule has 0 aromatic rings. The maximum Gasteiger partial charge on any atom is 0.186 e. The molecule has 0 saturated heterocycles. The Balaban J connectivity index is 3.64. The molecule has 2 N–H and O–H groups in total. The molecule has 3 nitrogen and oxygen atoms in total. The Morgan fingerprint density at radius 1 is 1.88 bits per heavy atom. The summed E-state index contributed by atoms with van der Waals surface area (Å²) in [6, 6.07) is 0. The van der Waals surface area contributed by atoms with Gasteiger partial charge in [0.25, 0.3) is 0 Å². The molecular weight excluding hydrogens is 122 g/mol. The standard InChI is InChI=1S/C4H9N3S/c1-3-6-7(2)4(5)8/h3H,1-2H3,(H2,5,8). The quantitative estimate of drug-likeness (QED) is 0.313. The average Bonchev–Trinajstić information content (AvgIpc) is 1.67. The van der Waals surface area contributed by atoms with Gasteiger partial charge >= 0.3 is 0 Å². The first kappa shape index (κ1) is 7.36. The van der Waals surface area contributed by atoms with Crippen molar-refractivity contribution in [2.24, 2.45) is 10.8 Å². The van der Waals surface area contributed by atoms with Crippen LogP contribution >= 0.6 is 12.2 Å². The third-order valence-corrected chi connectivity index (χ3v) is 0.872. The second-order valence-electron chi connectivity index (χ2n) is 1.24. The summed E-state index contributed by atoms with van der Waals surface area (Å²) < 4.78 is 0. The van der Waals surface area contributed by atoms with Crippen LogP contribution in [0.15, 0.2) is 5.10 Å². The van der Waals surface area contributed by atoms with Crippen molar-refractivity contribution in [1.29, 1.82) is 0 Å². The van der Waals surface area contributed by atoms with E-state index in [1.807, 2.05) is 0 Å². The van der Waals surface area contributed by atoms with E-state index in [1.165, 1.54) is 5.01 Å². The molecule has 0 aliphatic carbocycles. The highest BCUT2D eigenvalue weighted by Gasteiger charge is 1.89. The van der Waals surface area contributed by atoms with Crippen LogP contribution in [-0.2, 0) is 0 Å². The van der Waals surface area contributed by atoms with E-state index in [1.54, 1.807) is 20.2 Å². The first-order valence-electron chi connectivity index (χ1n) is 2.20. The van der Waals surface area contributed by atoms with E-state index in [2.05, 4.69) is 17.3 Å². The van der Waals surface area contributed by atoms with Crippen LogP contribution in [0.4, 0.5) is 0 Å². The highest BCUT2D eigenvalue weighted by atomic mass is 32.1. The second-order valence-corrected chi connectivity index (χ2v) is 1.65. The van der Waals surface area contributed by atoms with Crippen molar-refractivity contribution >= 4 is 23.5 Å². The van der Waals surface area contributed by atoms with E-state index >= 15 is 0 Å². The monoisotopic (exact) mass is 131 g/mol. The summed E-state index contributed by atoms with van der Waals surface area (Å²) in [5.41, 5.74) is 5.17. The molecule has 0 amide bonds. The van der Waals surface area contributed by atoms with E-state index in [9.17, 15) is 0 Å². The molecule has 0 aromatic carbocycles. The summed E-state index contributed by atoms with van der Waals surface area (Å²) in [5.74, 6) is 0. The Kier molecular flexibility index (Phi) is 3.10. The van der Waals surface area contributed by atoms with Gasteiger partial charge in [-0.05, 0) is 19.1 Å². The highest BCUT2D eigenvalue weighted by Crippen LogP contribution is 1.78. The van der Waals surface area contributed by atoms with E-state index in [4.69, 9.17) is 5.73 Å². The van der Waals surface area contributed by atoms with Gasteiger partial charge in [0, 0.05) is 13.3 Å². The lowest BCUT2D eigenvalue weighted by Gasteiger charge is -2.06. The molecule has 0 aliphatic heterocycles. The molecule has 4 heteroatoms. The molecular formula is C4H9N3S. The summed E-state index contributed by atoms with van der Waals surface area (Å²) >= 11 is 4.57. The molecule has 0 bridgehead atoms. The van der Waals surface area contributed by atoms with Crippen LogP contribution in [0.3, 0.4) is 0 Å². The van der Waals surface area contributed by atoms with Gasteiger partial charge in [-0.3, -0.25) is 0 Å². The van der Waals surface area contributed by atoms with E-state index in [0.29, 0.717) is 0 Å². The zero-order valence-corrected chi connectivity index (χ0v) is 5.77. The van der Waals surface area contributed by atoms with Crippen LogP contribution < -0.4 is 5.73 Å². The second kappa shape index (κ2) is 3.37. The lowest BCUT2D eigenvalue weighted by atomic mass is 10.9. The van der Waals surface area contributed by atoms with Crippen molar-refractivity contribution in [3.8, 4) is 0 Å². The average molecular weight is 131 g/mol. The summed E-state index contributed by atoms with van der Waals surface area (Å²) in [6.45, 7) is 1.80. The first-order valence-corrected chi connectivity index (χ1v) is 2.61. The van der Waals surface area contributed by atoms with Crippen molar-refractivity contribution in [2.75, 3.05) is 7.05 Å². The number of hydrogen-bond acceptors (Lipinski definition) is 2. The predicted octanol–water partition coefficient (Wildman–Crippen LogP) is 0.168. The van der Waals surface area contributed by atoms with Crippen molar-refractivity contribution < 1.29 is 0 Å². The van der Waals surface area contributed by atoms with Crippen molar-refractivity contribution in [3.63, 3.8) is 0 Å². The fraction of sp³-hybridized carbons (Fsp3) is 0.500. The number of hydrazone groups is 1. The van der Waals surface area contributed by atoms with Gasteiger partial charge in [-0.2, -0.15) is 5.10 Å². The number of rotatable bonds is 1. The number of thiocarbonyl (C=S) groups is 1. The molecule has 0 unspecified atom stereocenters. The first-order chi connectivity index (χ1) is 3.68. The summed E-state index contributed by atoms with van der Waals surface area (Å²) in [5, 5.41) is 5.47. The predicted molar refractivity (Wildman–Crippen MR) is 38.7 cm³/mol. The molecule has 0 aromatic heterocycles. The Labute approximate surface area is 54.2 Å². The van der Waals surface area contributed by atoms with Gasteiger partial charge < -0.3 is 5.73 Å². The minimum absolute atomic E-state index is 0.281.